The van der Waals surface area contributed by atoms with E-state index in [9.17, 15) is 38.4 Å². The van der Waals surface area contributed by atoms with E-state index < -0.39 is 82.5 Å². The van der Waals surface area contributed by atoms with Crippen molar-refractivity contribution in [3.63, 3.8) is 0 Å². The number of allylic oxidation sites excluding steroid dienone is 2. The number of quaternary nitrogens is 1. The highest BCUT2D eigenvalue weighted by Crippen LogP contribution is 2.43. The maximum absolute atomic E-state index is 13.7. The van der Waals surface area contributed by atoms with Gasteiger partial charge in [0.15, 0.2) is 6.10 Å². The Kier molecular flexibility index (Phi) is 16.5. The Morgan fingerprint density at radius 1 is 1.04 bits per heavy atom. The van der Waals surface area contributed by atoms with Gasteiger partial charge in [0.25, 0.3) is 21.9 Å². The molecule has 12 atom stereocenters. The first-order valence-corrected chi connectivity index (χ1v) is 20.1. The third-order valence-electron chi connectivity index (χ3n) is 11.2. The van der Waals surface area contributed by atoms with E-state index in [-0.39, 0.29) is 36.0 Å². The maximum Gasteiger partial charge on any atom is 0.265 e. The summed E-state index contributed by atoms with van der Waals surface area (Å²) in [5.41, 5.74) is -1.28. The van der Waals surface area contributed by atoms with Crippen LogP contribution in [-0.2, 0) is 43.4 Å². The van der Waals surface area contributed by atoms with Crippen molar-refractivity contribution in [2.45, 2.75) is 107 Å². The van der Waals surface area contributed by atoms with Crippen LogP contribution in [0, 0.1) is 17.8 Å². The van der Waals surface area contributed by atoms with Gasteiger partial charge in [0.05, 0.1) is 51.2 Å². The van der Waals surface area contributed by atoms with Crippen LogP contribution in [0.4, 0.5) is 0 Å². The number of aliphatic hydroxyl groups excluding tert-OH is 4. The SMILES string of the molecule is COC(C(=O)NCC1CC2C=CC1C2)C(OC(C)(C)/C(C)=C1\OC(C(=O)NCC[N+](C)(C)CCCS(=O)(=O)O)[C@@H](OC)C(O)[C@H]1O)[C@H](O)C(O)[C@@H](C)OC. The molecule has 2 fully saturated rings. The van der Waals surface area contributed by atoms with Crippen LogP contribution in [0.25, 0.3) is 0 Å². The number of aliphatic hydroxyl groups is 4. The lowest BCUT2D eigenvalue weighted by atomic mass is 9.89. The summed E-state index contributed by atoms with van der Waals surface area (Å²) < 4.78 is 60.3. The van der Waals surface area contributed by atoms with Gasteiger partial charge in [-0.3, -0.25) is 14.1 Å². The van der Waals surface area contributed by atoms with Crippen LogP contribution in [-0.4, -0.2) is 178 Å². The van der Waals surface area contributed by atoms with Crippen molar-refractivity contribution in [1.82, 2.24) is 10.6 Å². The average molecular weight is 795 g/mol. The van der Waals surface area contributed by atoms with Crippen molar-refractivity contribution in [3.8, 4) is 0 Å². The number of ether oxygens (including phenoxy) is 5. The zero-order chi connectivity index (χ0) is 40.8. The second kappa shape index (κ2) is 19.3. The molecular weight excluding hydrogens is 730 g/mol. The van der Waals surface area contributed by atoms with Gasteiger partial charge in [-0.1, -0.05) is 12.2 Å². The minimum Gasteiger partial charge on any atom is -0.479 e. The van der Waals surface area contributed by atoms with Gasteiger partial charge in [0.1, 0.15) is 42.4 Å². The Labute approximate surface area is 319 Å². The van der Waals surface area contributed by atoms with E-state index in [1.807, 2.05) is 14.1 Å². The van der Waals surface area contributed by atoms with E-state index >= 15 is 0 Å². The minimum atomic E-state index is -4.10. The Bertz CT molecular complexity index is 1440. The van der Waals surface area contributed by atoms with Crippen LogP contribution >= 0.6 is 0 Å². The third-order valence-corrected chi connectivity index (χ3v) is 12.0. The number of rotatable bonds is 21. The van der Waals surface area contributed by atoms with Gasteiger partial charge in [0.2, 0.25) is 6.10 Å². The molecular formula is C36H64N3O14S+. The van der Waals surface area contributed by atoms with Gasteiger partial charge >= 0.3 is 0 Å². The topological polar surface area (TPSA) is 240 Å². The number of hydrogen-bond donors (Lipinski definition) is 7. The monoisotopic (exact) mass is 794 g/mol. The average Bonchev–Trinajstić information content (AvgIpc) is 3.73. The number of fused-ring (bicyclic) bond motifs is 2. The van der Waals surface area contributed by atoms with Gasteiger partial charge in [0, 0.05) is 34.3 Å². The Morgan fingerprint density at radius 2 is 1.70 bits per heavy atom. The lowest BCUT2D eigenvalue weighted by Crippen LogP contribution is -2.59. The van der Waals surface area contributed by atoms with Crippen molar-refractivity contribution < 1.29 is 71.2 Å². The number of amides is 2. The first kappa shape index (κ1) is 46.2. The molecule has 1 saturated heterocycles. The van der Waals surface area contributed by atoms with Crippen molar-refractivity contribution in [1.29, 1.82) is 0 Å². The molecule has 54 heavy (non-hydrogen) atoms. The predicted molar refractivity (Wildman–Crippen MR) is 196 cm³/mol. The number of nitrogens with one attached hydrogen (secondary N) is 2. The zero-order valence-electron chi connectivity index (χ0n) is 33.0. The maximum atomic E-state index is 13.7. The number of hydrogen-bond acceptors (Lipinski definition) is 13. The Morgan fingerprint density at radius 3 is 2.24 bits per heavy atom. The molecule has 1 heterocycles. The van der Waals surface area contributed by atoms with Crippen molar-refractivity contribution >= 4 is 21.9 Å². The normalized spacial score (nSPS) is 29.6. The van der Waals surface area contributed by atoms with Crippen LogP contribution in [0.15, 0.2) is 23.5 Å². The fraction of sp³-hybridized carbons (Fsp3) is 0.833. The molecule has 312 valence electrons. The number of carbonyl (C=O) groups excluding carboxylic acids is 2. The number of nitrogens with zero attached hydrogens (tertiary/aromatic N) is 1. The number of carbonyl (C=O) groups is 2. The van der Waals surface area contributed by atoms with Crippen molar-refractivity contribution in [2.75, 3.05) is 67.4 Å². The molecule has 17 nitrogen and oxygen atoms in total. The lowest BCUT2D eigenvalue weighted by Gasteiger charge is -2.43. The minimum absolute atomic E-state index is 0.139. The molecule has 1 aliphatic heterocycles. The lowest BCUT2D eigenvalue weighted by molar-refractivity contribution is -0.889. The summed E-state index contributed by atoms with van der Waals surface area (Å²) in [6, 6.07) is 0. The second-order valence-electron chi connectivity index (χ2n) is 15.9. The van der Waals surface area contributed by atoms with Crippen LogP contribution in [0.3, 0.4) is 0 Å². The molecule has 0 aromatic rings. The van der Waals surface area contributed by atoms with E-state index in [0.29, 0.717) is 36.0 Å². The zero-order valence-corrected chi connectivity index (χ0v) is 33.8. The fourth-order valence-corrected chi connectivity index (χ4v) is 7.93. The number of methoxy groups -OCH3 is 3. The smallest absolute Gasteiger partial charge is 0.265 e. The summed E-state index contributed by atoms with van der Waals surface area (Å²) in [6.45, 7) is 7.57. The van der Waals surface area contributed by atoms with E-state index in [1.54, 1.807) is 27.7 Å². The highest BCUT2D eigenvalue weighted by Gasteiger charge is 2.49. The molecule has 2 aliphatic carbocycles. The summed E-state index contributed by atoms with van der Waals surface area (Å²) in [5, 5.41) is 50.5. The highest BCUT2D eigenvalue weighted by atomic mass is 32.2. The molecule has 1 saturated carbocycles. The van der Waals surface area contributed by atoms with Gasteiger partial charge in [-0.05, 0) is 63.9 Å². The second-order valence-corrected chi connectivity index (χ2v) is 17.5. The van der Waals surface area contributed by atoms with Gasteiger partial charge < -0.3 is 59.2 Å². The molecule has 8 unspecified atom stereocenters. The molecule has 3 rings (SSSR count). The fourth-order valence-electron chi connectivity index (χ4n) is 7.43. The van der Waals surface area contributed by atoms with Crippen molar-refractivity contribution in [3.05, 3.63) is 23.5 Å². The van der Waals surface area contributed by atoms with E-state index in [4.69, 9.17) is 28.2 Å². The van der Waals surface area contributed by atoms with Gasteiger partial charge in [-0.25, -0.2) is 0 Å². The molecule has 0 spiro atoms. The van der Waals surface area contributed by atoms with Crippen LogP contribution in [0.1, 0.15) is 47.0 Å². The van der Waals surface area contributed by atoms with E-state index in [1.165, 1.54) is 21.3 Å². The predicted octanol–water partition coefficient (Wildman–Crippen LogP) is -0.870. The molecule has 2 bridgehead atoms. The molecule has 0 aromatic carbocycles. The summed E-state index contributed by atoms with van der Waals surface area (Å²) in [6.07, 6.45) is -6.33. The van der Waals surface area contributed by atoms with E-state index in [0.717, 1.165) is 12.8 Å². The summed E-state index contributed by atoms with van der Waals surface area (Å²) in [5.74, 6) is -0.646. The third kappa shape index (κ3) is 11.9. The molecule has 18 heteroatoms. The van der Waals surface area contributed by atoms with Crippen LogP contribution in [0.2, 0.25) is 0 Å². The van der Waals surface area contributed by atoms with Crippen LogP contribution < -0.4 is 10.6 Å². The standard InChI is InChI=1S/C36H63N3O14S/c1-20(29-27(42)28(43)30(50-8)33(52-29)35(45)37-13-15-39(5,6)14-10-16-54(46,47)48)36(3,4)53-31(26(41)25(40)21(2)49-7)32(51-9)34(44)38-19-24-18-22-11-12-23(24)17-22/h11-12,21-28,30-33,40-43H,10,13-19H2,1-9H3,(H2-,37,38,44,45,46,47,48)/p+1/b29-20-/t21-,22?,23?,24?,25?,26-,27-,28?,30+,31?,32?,33?/m1/s1. The quantitative estimate of drug-likeness (QED) is 0.0425. The van der Waals surface area contributed by atoms with E-state index in [2.05, 4.69) is 22.8 Å². The molecule has 0 radical (unpaired) electrons. The largest absolute Gasteiger partial charge is 0.479 e. The summed E-state index contributed by atoms with van der Waals surface area (Å²) >= 11 is 0. The first-order valence-electron chi connectivity index (χ1n) is 18.4. The first-order chi connectivity index (χ1) is 25.1. The highest BCUT2D eigenvalue weighted by molar-refractivity contribution is 7.85. The molecule has 7 N–H and O–H groups in total. The van der Waals surface area contributed by atoms with Crippen molar-refractivity contribution in [2.24, 2.45) is 17.8 Å². The van der Waals surface area contributed by atoms with Crippen LogP contribution in [0.5, 0.6) is 0 Å². The summed E-state index contributed by atoms with van der Waals surface area (Å²) in [7, 11) is 3.49. The summed E-state index contributed by atoms with van der Waals surface area (Å²) in [4.78, 5) is 27.1. The molecule has 0 aromatic heterocycles. The van der Waals surface area contributed by atoms with Gasteiger partial charge in [-0.2, -0.15) is 8.42 Å². The molecule has 2 amide bonds. The molecule has 3 aliphatic rings. The number of likely N-dealkylation sites (N-methyl/N-ethyl adjacent to an activating group) is 1. The van der Waals surface area contributed by atoms with Gasteiger partial charge in [-0.15, -0.1) is 0 Å². The Balaban J connectivity index is 1.83. The Hall–Kier alpha value is -2.23.